The van der Waals surface area contributed by atoms with Crippen LogP contribution in [-0.2, 0) is 14.4 Å². The van der Waals surface area contributed by atoms with Gasteiger partial charge in [0.05, 0.1) is 19.1 Å². The van der Waals surface area contributed by atoms with Gasteiger partial charge in [-0.1, -0.05) is 20.8 Å². The van der Waals surface area contributed by atoms with E-state index in [4.69, 9.17) is 0 Å². The van der Waals surface area contributed by atoms with Gasteiger partial charge in [-0.05, 0) is 33.2 Å². The summed E-state index contributed by atoms with van der Waals surface area (Å²) in [6.07, 6.45) is 0. The summed E-state index contributed by atoms with van der Waals surface area (Å²) in [6.45, 7) is 11.8. The Bertz CT molecular complexity index is 367. The molecule has 0 aromatic heterocycles. The van der Waals surface area contributed by atoms with E-state index in [-0.39, 0.29) is 42.6 Å². The lowest BCUT2D eigenvalue weighted by Gasteiger charge is -2.23. The third-order valence-corrected chi connectivity index (χ3v) is 3.05. The second kappa shape index (κ2) is 9.50. The van der Waals surface area contributed by atoms with E-state index in [2.05, 4.69) is 10.6 Å². The van der Waals surface area contributed by atoms with Crippen molar-refractivity contribution in [1.82, 2.24) is 15.5 Å². The molecule has 0 spiro atoms. The van der Waals surface area contributed by atoms with Crippen molar-refractivity contribution >= 4 is 17.6 Å². The molecule has 0 heterocycles. The summed E-state index contributed by atoms with van der Waals surface area (Å²) in [4.78, 5) is 36.9. The van der Waals surface area contributed by atoms with E-state index in [0.717, 1.165) is 0 Å². The second-order valence-electron chi connectivity index (χ2n) is 5.93. The summed E-state index contributed by atoms with van der Waals surface area (Å²) in [5.41, 5.74) is 0. The Labute approximate surface area is 127 Å². The largest absolute Gasteiger partial charge is 0.353 e. The highest BCUT2D eigenvalue weighted by Crippen LogP contribution is 2.02. The molecule has 0 saturated heterocycles. The summed E-state index contributed by atoms with van der Waals surface area (Å²) >= 11 is 0. The second-order valence-corrected chi connectivity index (χ2v) is 5.93. The predicted octanol–water partition coefficient (Wildman–Crippen LogP) is 0.563. The van der Waals surface area contributed by atoms with Crippen LogP contribution in [0.1, 0.15) is 41.5 Å². The highest BCUT2D eigenvalue weighted by Gasteiger charge is 2.22. The van der Waals surface area contributed by atoms with Crippen LogP contribution < -0.4 is 10.6 Å². The summed E-state index contributed by atoms with van der Waals surface area (Å²) in [7, 11) is 0. The minimum absolute atomic E-state index is 0.0470. The molecular weight excluding hydrogens is 270 g/mol. The number of likely N-dealkylation sites (N-methyl/N-ethyl adjacent to an activating group) is 1. The van der Waals surface area contributed by atoms with Crippen LogP contribution in [0.3, 0.4) is 0 Å². The van der Waals surface area contributed by atoms with Gasteiger partial charge in [0, 0.05) is 6.04 Å². The van der Waals surface area contributed by atoms with Crippen LogP contribution in [0.4, 0.5) is 0 Å². The van der Waals surface area contributed by atoms with E-state index in [1.54, 1.807) is 4.90 Å². The standard InChI is InChI=1S/C15H29N3O3/c1-7-18(8-13(20)16-11(4)5)9-14(21)17-15(10(2)3)12(6)19/h10-11,15H,7-9H2,1-6H3,(H,16,20)(H,17,21). The number of rotatable bonds is 9. The Morgan fingerprint density at radius 2 is 1.43 bits per heavy atom. The first-order valence-corrected chi connectivity index (χ1v) is 7.48. The van der Waals surface area contributed by atoms with E-state index >= 15 is 0 Å². The van der Waals surface area contributed by atoms with E-state index in [1.165, 1.54) is 6.92 Å². The number of hydrogen-bond donors (Lipinski definition) is 2. The van der Waals surface area contributed by atoms with Gasteiger partial charge in [-0.2, -0.15) is 0 Å². The van der Waals surface area contributed by atoms with Gasteiger partial charge in [0.15, 0.2) is 5.78 Å². The van der Waals surface area contributed by atoms with Crippen LogP contribution in [0.15, 0.2) is 0 Å². The Morgan fingerprint density at radius 3 is 1.76 bits per heavy atom. The molecule has 0 aromatic rings. The molecule has 122 valence electrons. The fourth-order valence-corrected chi connectivity index (χ4v) is 2.01. The zero-order valence-electron chi connectivity index (χ0n) is 14.0. The van der Waals surface area contributed by atoms with Crippen molar-refractivity contribution in [2.45, 2.75) is 53.6 Å². The number of nitrogens with one attached hydrogen (secondary N) is 2. The molecule has 2 amide bonds. The summed E-state index contributed by atoms with van der Waals surface area (Å²) in [5, 5.41) is 5.52. The molecule has 21 heavy (non-hydrogen) atoms. The Kier molecular flexibility index (Phi) is 8.85. The molecule has 6 nitrogen and oxygen atoms in total. The molecule has 0 aliphatic rings. The minimum Gasteiger partial charge on any atom is -0.353 e. The quantitative estimate of drug-likeness (QED) is 0.652. The molecule has 2 N–H and O–H groups in total. The first kappa shape index (κ1) is 19.6. The molecule has 0 rings (SSSR count). The number of carbonyl (C=O) groups excluding carboxylic acids is 3. The molecule has 0 aliphatic heterocycles. The Morgan fingerprint density at radius 1 is 0.952 bits per heavy atom. The topological polar surface area (TPSA) is 78.5 Å². The van der Waals surface area contributed by atoms with Gasteiger partial charge in [-0.25, -0.2) is 0 Å². The number of amides is 2. The minimum atomic E-state index is -0.472. The molecule has 6 heteroatoms. The van der Waals surface area contributed by atoms with Crippen LogP contribution in [0.5, 0.6) is 0 Å². The molecular formula is C15H29N3O3. The molecule has 1 unspecified atom stereocenters. The van der Waals surface area contributed by atoms with Crippen LogP contribution in [-0.4, -0.2) is 54.2 Å². The van der Waals surface area contributed by atoms with Gasteiger partial charge in [0.25, 0.3) is 0 Å². The van der Waals surface area contributed by atoms with Crippen molar-refractivity contribution in [2.75, 3.05) is 19.6 Å². The highest BCUT2D eigenvalue weighted by molar-refractivity contribution is 5.88. The molecule has 0 aliphatic carbocycles. The van der Waals surface area contributed by atoms with E-state index in [1.807, 2.05) is 34.6 Å². The first-order valence-electron chi connectivity index (χ1n) is 7.48. The van der Waals surface area contributed by atoms with Crippen molar-refractivity contribution in [1.29, 1.82) is 0 Å². The Hall–Kier alpha value is -1.43. The first-order chi connectivity index (χ1) is 9.67. The fraction of sp³-hybridized carbons (Fsp3) is 0.800. The highest BCUT2D eigenvalue weighted by atomic mass is 16.2. The van der Waals surface area contributed by atoms with Crippen LogP contribution >= 0.6 is 0 Å². The zero-order chi connectivity index (χ0) is 16.6. The summed E-state index contributed by atoms with van der Waals surface area (Å²) in [5.74, 6) is -0.348. The average Bonchev–Trinajstić information content (AvgIpc) is 2.33. The number of hydrogen-bond acceptors (Lipinski definition) is 4. The molecule has 0 saturated carbocycles. The molecule has 0 fully saturated rings. The zero-order valence-corrected chi connectivity index (χ0v) is 14.0. The number of carbonyl (C=O) groups is 3. The third kappa shape index (κ3) is 8.45. The number of Topliss-reactive ketones (excluding diaryl/α,β-unsaturated/α-hetero) is 1. The van der Waals surface area contributed by atoms with Crippen molar-refractivity contribution in [3.63, 3.8) is 0 Å². The molecule has 1 atom stereocenters. The average molecular weight is 299 g/mol. The van der Waals surface area contributed by atoms with Gasteiger partial charge in [0.1, 0.15) is 0 Å². The maximum Gasteiger partial charge on any atom is 0.234 e. The number of nitrogens with zero attached hydrogens (tertiary/aromatic N) is 1. The van der Waals surface area contributed by atoms with Gasteiger partial charge < -0.3 is 10.6 Å². The lowest BCUT2D eigenvalue weighted by Crippen LogP contribution is -2.49. The van der Waals surface area contributed by atoms with Gasteiger partial charge in [0.2, 0.25) is 11.8 Å². The smallest absolute Gasteiger partial charge is 0.234 e. The molecule has 0 bridgehead atoms. The van der Waals surface area contributed by atoms with Crippen LogP contribution in [0.2, 0.25) is 0 Å². The fourth-order valence-electron chi connectivity index (χ4n) is 2.01. The van der Waals surface area contributed by atoms with E-state index in [9.17, 15) is 14.4 Å². The normalized spacial score (nSPS) is 12.6. The van der Waals surface area contributed by atoms with Crippen LogP contribution in [0.25, 0.3) is 0 Å². The predicted molar refractivity (Wildman–Crippen MR) is 82.8 cm³/mol. The van der Waals surface area contributed by atoms with Gasteiger partial charge in [-0.3, -0.25) is 19.3 Å². The molecule has 0 aromatic carbocycles. The van der Waals surface area contributed by atoms with E-state index < -0.39 is 6.04 Å². The summed E-state index contributed by atoms with van der Waals surface area (Å²) in [6, 6.07) is -0.395. The Balaban J connectivity index is 4.44. The van der Waals surface area contributed by atoms with E-state index in [0.29, 0.717) is 6.54 Å². The van der Waals surface area contributed by atoms with Gasteiger partial charge >= 0.3 is 0 Å². The van der Waals surface area contributed by atoms with Crippen LogP contribution in [0, 0.1) is 5.92 Å². The molecule has 0 radical (unpaired) electrons. The maximum absolute atomic E-state index is 12.0. The lowest BCUT2D eigenvalue weighted by atomic mass is 10.0. The maximum atomic E-state index is 12.0. The third-order valence-electron chi connectivity index (χ3n) is 3.05. The van der Waals surface area contributed by atoms with Crippen molar-refractivity contribution < 1.29 is 14.4 Å². The summed E-state index contributed by atoms with van der Waals surface area (Å²) < 4.78 is 0. The monoisotopic (exact) mass is 299 g/mol. The van der Waals surface area contributed by atoms with Crippen molar-refractivity contribution in [3.05, 3.63) is 0 Å². The van der Waals surface area contributed by atoms with Crippen molar-refractivity contribution in [3.8, 4) is 0 Å². The number of ketones is 1. The lowest BCUT2D eigenvalue weighted by molar-refractivity contribution is -0.129. The SMILES string of the molecule is CCN(CC(=O)NC(C)C)CC(=O)NC(C(C)=O)C(C)C. The van der Waals surface area contributed by atoms with Crippen molar-refractivity contribution in [2.24, 2.45) is 5.92 Å². The van der Waals surface area contributed by atoms with Gasteiger partial charge in [-0.15, -0.1) is 0 Å².